The van der Waals surface area contributed by atoms with Gasteiger partial charge in [-0.3, -0.25) is 14.9 Å². The van der Waals surface area contributed by atoms with E-state index in [2.05, 4.69) is 5.32 Å². The zero-order valence-corrected chi connectivity index (χ0v) is 14.1. The first-order valence-electron chi connectivity index (χ1n) is 8.28. The fraction of sp³-hybridized carbons (Fsp3) is 0.150. The number of nitrogens with one attached hydrogen (secondary N) is 1. The van der Waals surface area contributed by atoms with E-state index in [4.69, 9.17) is 4.74 Å². The number of rotatable bonds is 7. The van der Waals surface area contributed by atoms with E-state index in [0.717, 1.165) is 10.8 Å². The van der Waals surface area contributed by atoms with Crippen molar-refractivity contribution in [3.8, 4) is 5.75 Å². The van der Waals surface area contributed by atoms with Gasteiger partial charge in [0.2, 0.25) is 0 Å². The van der Waals surface area contributed by atoms with Gasteiger partial charge in [-0.2, -0.15) is 0 Å². The minimum absolute atomic E-state index is 0.00731. The molecule has 3 aromatic rings. The molecule has 132 valence electrons. The molecule has 6 nitrogen and oxygen atoms in total. The first-order valence-corrected chi connectivity index (χ1v) is 8.28. The molecule has 3 aromatic carbocycles. The molecule has 0 unspecified atom stereocenters. The Labute approximate surface area is 150 Å². The lowest BCUT2D eigenvalue weighted by Gasteiger charge is -2.08. The Morgan fingerprint density at radius 2 is 1.81 bits per heavy atom. The van der Waals surface area contributed by atoms with Crippen molar-refractivity contribution in [1.29, 1.82) is 0 Å². The van der Waals surface area contributed by atoms with E-state index in [9.17, 15) is 14.9 Å². The van der Waals surface area contributed by atoms with Crippen LogP contribution < -0.4 is 10.1 Å². The molecule has 0 saturated carbocycles. The average molecular weight is 350 g/mol. The molecule has 0 saturated heterocycles. The monoisotopic (exact) mass is 350 g/mol. The van der Waals surface area contributed by atoms with Crippen molar-refractivity contribution in [2.75, 3.05) is 13.2 Å². The van der Waals surface area contributed by atoms with Gasteiger partial charge in [-0.15, -0.1) is 0 Å². The third-order valence-corrected chi connectivity index (χ3v) is 3.92. The summed E-state index contributed by atoms with van der Waals surface area (Å²) in [6.45, 7) is 0.819. The summed E-state index contributed by atoms with van der Waals surface area (Å²) in [5.41, 5.74) is 0.607. The van der Waals surface area contributed by atoms with Crippen LogP contribution in [0.3, 0.4) is 0 Å². The number of fused-ring (bicyclic) bond motifs is 1. The molecule has 0 bridgehead atoms. The highest BCUT2D eigenvalue weighted by Gasteiger charge is 2.07. The normalized spacial score (nSPS) is 10.5. The summed E-state index contributed by atoms with van der Waals surface area (Å²) in [4.78, 5) is 22.5. The number of amides is 1. The number of non-ortho nitro benzene ring substituents is 1. The lowest BCUT2D eigenvalue weighted by molar-refractivity contribution is -0.384. The van der Waals surface area contributed by atoms with E-state index in [1.807, 2.05) is 36.4 Å². The van der Waals surface area contributed by atoms with Gasteiger partial charge >= 0.3 is 0 Å². The number of carbonyl (C=O) groups is 1. The zero-order chi connectivity index (χ0) is 18.4. The van der Waals surface area contributed by atoms with Crippen molar-refractivity contribution >= 4 is 22.4 Å². The highest BCUT2D eigenvalue weighted by Crippen LogP contribution is 2.19. The highest BCUT2D eigenvalue weighted by atomic mass is 16.6. The highest BCUT2D eigenvalue weighted by molar-refractivity contribution is 5.98. The molecule has 0 aromatic heterocycles. The minimum atomic E-state index is -0.462. The Hall–Kier alpha value is -3.41. The van der Waals surface area contributed by atoms with Crippen LogP contribution in [0, 0.1) is 10.1 Å². The van der Waals surface area contributed by atoms with E-state index in [1.54, 1.807) is 18.2 Å². The number of ether oxygens (including phenoxy) is 1. The van der Waals surface area contributed by atoms with Crippen LogP contribution >= 0.6 is 0 Å². The van der Waals surface area contributed by atoms with Gasteiger partial charge in [-0.25, -0.2) is 0 Å². The van der Waals surface area contributed by atoms with Gasteiger partial charge in [0, 0.05) is 18.2 Å². The second-order valence-corrected chi connectivity index (χ2v) is 5.77. The number of hydrogen-bond donors (Lipinski definition) is 1. The van der Waals surface area contributed by atoms with E-state index in [-0.39, 0.29) is 11.6 Å². The van der Waals surface area contributed by atoms with E-state index >= 15 is 0 Å². The molecule has 0 aliphatic carbocycles. The van der Waals surface area contributed by atoms with Crippen molar-refractivity contribution in [1.82, 2.24) is 5.32 Å². The van der Waals surface area contributed by atoms with Gasteiger partial charge in [0.15, 0.2) is 0 Å². The van der Waals surface area contributed by atoms with Crippen LogP contribution in [0.5, 0.6) is 5.75 Å². The molecule has 0 radical (unpaired) electrons. The lowest BCUT2D eigenvalue weighted by Crippen LogP contribution is -2.25. The SMILES string of the molecule is O=C(NCCCOc1cccc([N+](=O)[O-])c1)c1ccc2ccccc2c1. The Morgan fingerprint density at radius 1 is 1.00 bits per heavy atom. The van der Waals surface area contributed by atoms with Crippen molar-refractivity contribution in [2.24, 2.45) is 0 Å². The molecular formula is C20H18N2O4. The van der Waals surface area contributed by atoms with Crippen molar-refractivity contribution in [3.63, 3.8) is 0 Å². The van der Waals surface area contributed by atoms with Crippen LogP contribution in [0.25, 0.3) is 10.8 Å². The van der Waals surface area contributed by atoms with Crippen molar-refractivity contribution in [3.05, 3.63) is 82.4 Å². The van der Waals surface area contributed by atoms with E-state index < -0.39 is 4.92 Å². The molecule has 1 N–H and O–H groups in total. The number of nitrogens with zero attached hydrogens (tertiary/aromatic N) is 1. The maximum absolute atomic E-state index is 12.2. The van der Waals surface area contributed by atoms with E-state index in [1.165, 1.54) is 12.1 Å². The van der Waals surface area contributed by atoms with Crippen LogP contribution in [0.4, 0.5) is 5.69 Å². The summed E-state index contributed by atoms with van der Waals surface area (Å²) >= 11 is 0. The first-order chi connectivity index (χ1) is 12.6. The van der Waals surface area contributed by atoms with Crippen LogP contribution in [0.1, 0.15) is 16.8 Å². The van der Waals surface area contributed by atoms with E-state index in [0.29, 0.717) is 30.9 Å². The topological polar surface area (TPSA) is 81.5 Å². The van der Waals surface area contributed by atoms with Gasteiger partial charge in [-0.05, 0) is 35.4 Å². The van der Waals surface area contributed by atoms with Crippen LogP contribution in [0.15, 0.2) is 66.7 Å². The summed E-state index contributed by atoms with van der Waals surface area (Å²) in [6, 6.07) is 19.5. The number of hydrogen-bond acceptors (Lipinski definition) is 4. The minimum Gasteiger partial charge on any atom is -0.493 e. The molecule has 0 fully saturated rings. The molecular weight excluding hydrogens is 332 g/mol. The molecule has 0 heterocycles. The van der Waals surface area contributed by atoms with Gasteiger partial charge in [-0.1, -0.05) is 36.4 Å². The van der Waals surface area contributed by atoms with Gasteiger partial charge in [0.1, 0.15) is 5.75 Å². The van der Waals surface area contributed by atoms with Crippen LogP contribution in [-0.4, -0.2) is 24.0 Å². The standard InChI is InChI=1S/C20H18N2O4/c23-20(17-10-9-15-5-1-2-6-16(15)13-17)21-11-4-12-26-19-8-3-7-18(14-19)22(24)25/h1-3,5-10,13-14H,4,11-12H2,(H,21,23). The number of nitro benzene ring substituents is 1. The quantitative estimate of drug-likeness (QED) is 0.397. The molecule has 0 aliphatic rings. The largest absolute Gasteiger partial charge is 0.493 e. The van der Waals surface area contributed by atoms with Gasteiger partial charge < -0.3 is 10.1 Å². The molecule has 6 heteroatoms. The van der Waals surface area contributed by atoms with Crippen molar-refractivity contribution < 1.29 is 14.5 Å². The molecule has 0 atom stereocenters. The Morgan fingerprint density at radius 3 is 2.62 bits per heavy atom. The van der Waals surface area contributed by atoms with Gasteiger partial charge in [0.05, 0.1) is 17.6 Å². The predicted octanol–water partition coefficient (Wildman–Crippen LogP) is 3.95. The second-order valence-electron chi connectivity index (χ2n) is 5.77. The fourth-order valence-electron chi connectivity index (χ4n) is 2.58. The number of carbonyl (C=O) groups excluding carboxylic acids is 1. The summed E-state index contributed by atoms with van der Waals surface area (Å²) in [6.07, 6.45) is 0.599. The van der Waals surface area contributed by atoms with Gasteiger partial charge in [0.25, 0.3) is 11.6 Å². The second kappa shape index (κ2) is 8.11. The Kier molecular flexibility index (Phi) is 5.43. The smallest absolute Gasteiger partial charge is 0.273 e. The number of benzene rings is 3. The first kappa shape index (κ1) is 17.4. The molecule has 1 amide bonds. The van der Waals surface area contributed by atoms with Crippen LogP contribution in [-0.2, 0) is 0 Å². The predicted molar refractivity (Wildman–Crippen MR) is 99.5 cm³/mol. The zero-order valence-electron chi connectivity index (χ0n) is 14.1. The summed E-state index contributed by atoms with van der Waals surface area (Å²) in [5.74, 6) is 0.311. The summed E-state index contributed by atoms with van der Waals surface area (Å²) in [7, 11) is 0. The maximum atomic E-state index is 12.2. The molecule has 26 heavy (non-hydrogen) atoms. The fourth-order valence-corrected chi connectivity index (χ4v) is 2.58. The van der Waals surface area contributed by atoms with Crippen LogP contribution in [0.2, 0.25) is 0 Å². The Bertz CT molecular complexity index is 940. The molecule has 0 spiro atoms. The lowest BCUT2D eigenvalue weighted by atomic mass is 10.1. The third kappa shape index (κ3) is 4.36. The summed E-state index contributed by atoms with van der Waals surface area (Å²) in [5, 5.41) is 15.7. The molecule has 0 aliphatic heterocycles. The average Bonchev–Trinajstić information content (AvgIpc) is 2.67. The summed E-state index contributed by atoms with van der Waals surface area (Å²) < 4.78 is 5.49. The van der Waals surface area contributed by atoms with Crippen molar-refractivity contribution in [2.45, 2.75) is 6.42 Å². The molecule has 3 rings (SSSR count). The Balaban J connectivity index is 1.46. The number of nitro groups is 1. The third-order valence-electron chi connectivity index (χ3n) is 3.92. The maximum Gasteiger partial charge on any atom is 0.273 e.